The summed E-state index contributed by atoms with van der Waals surface area (Å²) < 4.78 is 14.0. The van der Waals surface area contributed by atoms with E-state index < -0.39 is 0 Å². The Morgan fingerprint density at radius 1 is 0.969 bits per heavy atom. The Balaban J connectivity index is 1.13. The molecule has 32 heavy (non-hydrogen) atoms. The van der Waals surface area contributed by atoms with Crippen molar-refractivity contribution >= 4 is 35.0 Å². The molecule has 2 aliphatic heterocycles. The Morgan fingerprint density at radius 2 is 1.69 bits per heavy atom. The van der Waals surface area contributed by atoms with Gasteiger partial charge in [-0.15, -0.1) is 11.8 Å². The van der Waals surface area contributed by atoms with Crippen LogP contribution in [0.3, 0.4) is 0 Å². The Kier molecular flexibility index (Phi) is 7.65. The number of hydrogen-bond acceptors (Lipinski definition) is 5. The number of thioether (sulfide) groups is 1. The number of piperazine rings is 1. The maximum atomic E-state index is 14.0. The van der Waals surface area contributed by atoms with E-state index in [1.54, 1.807) is 22.7 Å². The Morgan fingerprint density at radius 3 is 2.47 bits per heavy atom. The number of carbonyl (C=O) groups excluding carboxylic acids is 2. The van der Waals surface area contributed by atoms with Crippen LogP contribution >= 0.6 is 11.8 Å². The minimum Gasteiger partial charge on any atom is -0.367 e. The SMILES string of the molecule is O=C(CCN1C(=O)CSc2ccccc21)NCCCN1CCN(c2ccccc2F)CC1. The molecule has 0 radical (unpaired) electrons. The molecule has 2 aromatic rings. The Hall–Kier alpha value is -2.58. The average molecular weight is 457 g/mol. The van der Waals surface area contributed by atoms with Gasteiger partial charge in [-0.1, -0.05) is 24.3 Å². The molecule has 1 N–H and O–H groups in total. The third kappa shape index (κ3) is 5.61. The van der Waals surface area contributed by atoms with E-state index in [9.17, 15) is 14.0 Å². The van der Waals surface area contributed by atoms with Gasteiger partial charge in [0, 0.05) is 50.6 Å². The van der Waals surface area contributed by atoms with Crippen molar-refractivity contribution in [1.82, 2.24) is 10.2 Å². The van der Waals surface area contributed by atoms with Gasteiger partial charge in [0.05, 0.1) is 17.1 Å². The number of amides is 2. The zero-order valence-corrected chi connectivity index (χ0v) is 19.0. The highest BCUT2D eigenvalue weighted by atomic mass is 32.2. The molecule has 6 nitrogen and oxygen atoms in total. The van der Waals surface area contributed by atoms with Crippen LogP contribution in [0.2, 0.25) is 0 Å². The van der Waals surface area contributed by atoms with Gasteiger partial charge in [0.15, 0.2) is 0 Å². The van der Waals surface area contributed by atoms with Crippen LogP contribution in [0.15, 0.2) is 53.4 Å². The second kappa shape index (κ2) is 10.8. The van der Waals surface area contributed by atoms with Gasteiger partial charge in [0.2, 0.25) is 11.8 Å². The summed E-state index contributed by atoms with van der Waals surface area (Å²) in [7, 11) is 0. The highest BCUT2D eigenvalue weighted by Crippen LogP contribution is 2.34. The van der Waals surface area contributed by atoms with Crippen LogP contribution in [0.5, 0.6) is 0 Å². The molecule has 0 aliphatic carbocycles. The molecule has 2 amide bonds. The lowest BCUT2D eigenvalue weighted by Gasteiger charge is -2.36. The monoisotopic (exact) mass is 456 g/mol. The molecule has 8 heteroatoms. The molecule has 2 aromatic carbocycles. The third-order valence-corrected chi connectivity index (χ3v) is 6.96. The molecule has 0 bridgehead atoms. The van der Waals surface area contributed by atoms with Crippen molar-refractivity contribution < 1.29 is 14.0 Å². The molecule has 2 aliphatic rings. The van der Waals surface area contributed by atoms with Crippen LogP contribution in [0, 0.1) is 5.82 Å². The highest BCUT2D eigenvalue weighted by molar-refractivity contribution is 8.00. The predicted octanol–water partition coefficient (Wildman–Crippen LogP) is 2.98. The number of carbonyl (C=O) groups is 2. The average Bonchev–Trinajstić information content (AvgIpc) is 2.82. The first-order valence-corrected chi connectivity index (χ1v) is 12.1. The number of fused-ring (bicyclic) bond motifs is 1. The summed E-state index contributed by atoms with van der Waals surface area (Å²) in [4.78, 5) is 31.8. The van der Waals surface area contributed by atoms with Crippen molar-refractivity contribution in [2.75, 3.05) is 61.4 Å². The van der Waals surface area contributed by atoms with Crippen molar-refractivity contribution in [3.8, 4) is 0 Å². The van der Waals surface area contributed by atoms with Crippen LogP contribution in [0.25, 0.3) is 0 Å². The molecule has 2 heterocycles. The molecule has 0 aromatic heterocycles. The van der Waals surface area contributed by atoms with E-state index in [1.165, 1.54) is 6.07 Å². The van der Waals surface area contributed by atoms with Gasteiger partial charge in [0.1, 0.15) is 5.82 Å². The maximum absolute atomic E-state index is 14.0. The topological polar surface area (TPSA) is 55.9 Å². The van der Waals surface area contributed by atoms with Gasteiger partial charge in [-0.05, 0) is 37.2 Å². The fourth-order valence-electron chi connectivity index (χ4n) is 4.15. The minimum atomic E-state index is -0.169. The number of halogens is 1. The van der Waals surface area contributed by atoms with Gasteiger partial charge >= 0.3 is 0 Å². The number of benzene rings is 2. The first kappa shape index (κ1) is 22.6. The number of nitrogens with zero attached hydrogens (tertiary/aromatic N) is 3. The highest BCUT2D eigenvalue weighted by Gasteiger charge is 2.24. The standard InChI is InChI=1S/C24H29FN4O2S/c25-19-6-1-2-7-20(19)28-16-14-27(15-17-28)12-5-11-26-23(30)10-13-29-21-8-3-4-9-22(21)32-18-24(29)31/h1-4,6-9H,5,10-18H2,(H,26,30). The molecule has 0 saturated carbocycles. The van der Waals surface area contributed by atoms with E-state index in [1.807, 2.05) is 36.4 Å². The molecule has 0 unspecified atom stereocenters. The summed E-state index contributed by atoms with van der Waals surface area (Å²) in [6.45, 7) is 5.30. The smallest absolute Gasteiger partial charge is 0.237 e. The zero-order chi connectivity index (χ0) is 22.3. The lowest BCUT2D eigenvalue weighted by molar-refractivity contribution is -0.121. The number of para-hydroxylation sites is 2. The number of nitrogens with one attached hydrogen (secondary N) is 1. The first-order chi connectivity index (χ1) is 15.6. The Labute approximate surface area is 192 Å². The number of anilines is 2. The first-order valence-electron chi connectivity index (χ1n) is 11.1. The lowest BCUT2D eigenvalue weighted by Crippen LogP contribution is -2.47. The molecule has 4 rings (SSSR count). The normalized spacial score (nSPS) is 16.7. The summed E-state index contributed by atoms with van der Waals surface area (Å²) in [5.41, 5.74) is 1.57. The van der Waals surface area contributed by atoms with Crippen LogP contribution in [0.1, 0.15) is 12.8 Å². The zero-order valence-electron chi connectivity index (χ0n) is 18.1. The summed E-state index contributed by atoms with van der Waals surface area (Å²) >= 11 is 1.55. The molecular formula is C24H29FN4O2S. The van der Waals surface area contributed by atoms with E-state index in [-0.39, 0.29) is 17.6 Å². The molecule has 170 valence electrons. The van der Waals surface area contributed by atoms with Gasteiger partial charge in [0.25, 0.3) is 0 Å². The molecule has 1 fully saturated rings. The molecule has 1 saturated heterocycles. The maximum Gasteiger partial charge on any atom is 0.237 e. The van der Waals surface area contributed by atoms with Crippen LogP contribution < -0.4 is 15.1 Å². The summed E-state index contributed by atoms with van der Waals surface area (Å²) in [5.74, 6) is 0.272. The van der Waals surface area contributed by atoms with Gasteiger partial charge in [-0.2, -0.15) is 0 Å². The van der Waals surface area contributed by atoms with Crippen molar-refractivity contribution in [2.24, 2.45) is 0 Å². The second-order valence-corrected chi connectivity index (χ2v) is 9.05. The summed E-state index contributed by atoms with van der Waals surface area (Å²) in [6, 6.07) is 14.7. The quantitative estimate of drug-likeness (QED) is 0.619. The Bertz CT molecular complexity index is 949. The van der Waals surface area contributed by atoms with E-state index >= 15 is 0 Å². The lowest BCUT2D eigenvalue weighted by atomic mass is 10.2. The number of hydrogen-bond donors (Lipinski definition) is 1. The van der Waals surface area contributed by atoms with Crippen LogP contribution in [-0.2, 0) is 9.59 Å². The molecule has 0 spiro atoms. The predicted molar refractivity (Wildman–Crippen MR) is 127 cm³/mol. The van der Waals surface area contributed by atoms with Crippen molar-refractivity contribution in [1.29, 1.82) is 0 Å². The minimum absolute atomic E-state index is 0.0297. The van der Waals surface area contributed by atoms with Crippen LogP contribution in [-0.4, -0.2) is 68.3 Å². The van der Waals surface area contributed by atoms with E-state index in [2.05, 4.69) is 15.1 Å². The third-order valence-electron chi connectivity index (χ3n) is 5.91. The summed E-state index contributed by atoms with van der Waals surface area (Å²) in [6.07, 6.45) is 1.17. The second-order valence-electron chi connectivity index (χ2n) is 8.04. The van der Waals surface area contributed by atoms with Crippen molar-refractivity contribution in [3.63, 3.8) is 0 Å². The van der Waals surface area contributed by atoms with Gasteiger partial charge in [-0.25, -0.2) is 4.39 Å². The van der Waals surface area contributed by atoms with E-state index in [4.69, 9.17) is 0 Å². The summed E-state index contributed by atoms with van der Waals surface area (Å²) in [5, 5.41) is 2.97. The van der Waals surface area contributed by atoms with Crippen molar-refractivity contribution in [2.45, 2.75) is 17.7 Å². The fraction of sp³-hybridized carbons (Fsp3) is 0.417. The van der Waals surface area contributed by atoms with E-state index in [0.29, 0.717) is 31.0 Å². The largest absolute Gasteiger partial charge is 0.367 e. The number of rotatable bonds is 8. The van der Waals surface area contributed by atoms with Crippen LogP contribution in [0.4, 0.5) is 15.8 Å². The van der Waals surface area contributed by atoms with Crippen molar-refractivity contribution in [3.05, 3.63) is 54.3 Å². The molecule has 0 atom stereocenters. The van der Waals surface area contributed by atoms with Gasteiger partial charge in [-0.3, -0.25) is 14.5 Å². The fourth-order valence-corrected chi connectivity index (χ4v) is 5.09. The van der Waals surface area contributed by atoms with Gasteiger partial charge < -0.3 is 15.1 Å². The van der Waals surface area contributed by atoms with E-state index in [0.717, 1.165) is 49.7 Å². The molecular weight excluding hydrogens is 427 g/mol.